The quantitative estimate of drug-likeness (QED) is 0.399. The number of fused-ring (bicyclic) bond motifs is 1. The van der Waals surface area contributed by atoms with Crippen LogP contribution in [-0.2, 0) is 11.2 Å². The number of hydrogen-bond donors (Lipinski definition) is 1. The normalized spacial score (nSPS) is 15.7. The minimum Gasteiger partial charge on any atom is -0.491 e. The highest BCUT2D eigenvalue weighted by atomic mass is 16.5. The number of piperidine rings is 1. The number of rotatable bonds is 11. The SMILES string of the molecule is COCCOc1cc(C(=O)N(C(C)C)[C@@H]2CCCNC2)nc2c(OCCc3ccccc3)cccc12. The average Bonchev–Trinajstić information content (AvgIpc) is 2.90. The van der Waals surface area contributed by atoms with Gasteiger partial charge in [0.15, 0.2) is 0 Å². The smallest absolute Gasteiger partial charge is 0.273 e. The molecule has 2 aromatic carbocycles. The van der Waals surface area contributed by atoms with Crippen LogP contribution in [0.4, 0.5) is 0 Å². The molecule has 1 saturated heterocycles. The van der Waals surface area contributed by atoms with Crippen molar-refractivity contribution in [1.29, 1.82) is 0 Å². The summed E-state index contributed by atoms with van der Waals surface area (Å²) in [5, 5.41) is 4.24. The van der Waals surface area contributed by atoms with Gasteiger partial charge in [-0.15, -0.1) is 0 Å². The van der Waals surface area contributed by atoms with Crippen LogP contribution in [0.15, 0.2) is 54.6 Å². The molecule has 7 nitrogen and oxygen atoms in total. The first-order valence-electron chi connectivity index (χ1n) is 12.8. The van der Waals surface area contributed by atoms with E-state index in [4.69, 9.17) is 19.2 Å². The van der Waals surface area contributed by atoms with Crippen LogP contribution in [0.1, 0.15) is 42.7 Å². The summed E-state index contributed by atoms with van der Waals surface area (Å²) in [5.41, 5.74) is 2.21. The third kappa shape index (κ3) is 6.33. The van der Waals surface area contributed by atoms with Crippen molar-refractivity contribution in [2.75, 3.05) is 40.0 Å². The van der Waals surface area contributed by atoms with Gasteiger partial charge < -0.3 is 24.4 Å². The third-order valence-corrected chi connectivity index (χ3v) is 6.47. The number of nitrogens with zero attached hydrogens (tertiary/aromatic N) is 2. The number of carbonyl (C=O) groups excluding carboxylic acids is 1. The van der Waals surface area contributed by atoms with Crippen molar-refractivity contribution in [2.45, 2.75) is 45.2 Å². The first kappa shape index (κ1) is 25.9. The summed E-state index contributed by atoms with van der Waals surface area (Å²) in [7, 11) is 1.64. The molecule has 1 N–H and O–H groups in total. The second-order valence-electron chi connectivity index (χ2n) is 9.39. The van der Waals surface area contributed by atoms with Crippen molar-refractivity contribution in [2.24, 2.45) is 0 Å². The summed E-state index contributed by atoms with van der Waals surface area (Å²) < 4.78 is 17.4. The fourth-order valence-corrected chi connectivity index (χ4v) is 4.72. The molecule has 192 valence electrons. The number of aromatic nitrogens is 1. The number of carbonyl (C=O) groups is 1. The highest BCUT2D eigenvalue weighted by molar-refractivity contribution is 5.98. The van der Waals surface area contributed by atoms with Gasteiger partial charge in [-0.25, -0.2) is 4.98 Å². The maximum absolute atomic E-state index is 13.8. The predicted octanol–water partition coefficient (Wildman–Crippen LogP) is 4.48. The molecule has 1 fully saturated rings. The lowest BCUT2D eigenvalue weighted by Gasteiger charge is -2.37. The Balaban J connectivity index is 1.66. The number of amides is 1. The molecule has 0 saturated carbocycles. The van der Waals surface area contributed by atoms with E-state index in [1.807, 2.05) is 41.3 Å². The summed E-state index contributed by atoms with van der Waals surface area (Å²) in [6.07, 6.45) is 2.81. The lowest BCUT2D eigenvalue weighted by atomic mass is 10.0. The molecule has 3 aromatic rings. The predicted molar refractivity (Wildman–Crippen MR) is 142 cm³/mol. The van der Waals surface area contributed by atoms with Gasteiger partial charge >= 0.3 is 0 Å². The standard InChI is InChI=1S/C29H37N3O4/c1-21(2)32(23-11-8-15-30-20-23)29(33)25-19-27(36-18-17-34-3)24-12-7-13-26(28(24)31-25)35-16-14-22-9-5-4-6-10-22/h4-7,9-10,12-13,19,21,23,30H,8,11,14-18,20H2,1-3H3/t23-/m1/s1. The Hall–Kier alpha value is -3.16. The van der Waals surface area contributed by atoms with Crippen LogP contribution in [-0.4, -0.2) is 67.9 Å². The third-order valence-electron chi connectivity index (χ3n) is 6.47. The molecule has 0 radical (unpaired) electrons. The molecule has 7 heteroatoms. The Kier molecular flexibility index (Phi) is 9.14. The number of hydrogen-bond acceptors (Lipinski definition) is 6. The van der Waals surface area contributed by atoms with E-state index in [9.17, 15) is 4.79 Å². The largest absolute Gasteiger partial charge is 0.491 e. The molecule has 0 unspecified atom stereocenters. The van der Waals surface area contributed by atoms with Crippen LogP contribution >= 0.6 is 0 Å². The molecule has 4 rings (SSSR count). The van der Waals surface area contributed by atoms with Gasteiger partial charge in [0.2, 0.25) is 0 Å². The number of ether oxygens (including phenoxy) is 3. The van der Waals surface area contributed by atoms with Gasteiger partial charge in [0.1, 0.15) is 29.3 Å². The van der Waals surface area contributed by atoms with Crippen LogP contribution in [0.3, 0.4) is 0 Å². The van der Waals surface area contributed by atoms with Crippen molar-refractivity contribution in [3.63, 3.8) is 0 Å². The molecule has 1 aliphatic rings. The molecular weight excluding hydrogens is 454 g/mol. The van der Waals surface area contributed by atoms with Crippen LogP contribution < -0.4 is 14.8 Å². The first-order chi connectivity index (χ1) is 17.6. The molecule has 2 heterocycles. The van der Waals surface area contributed by atoms with Gasteiger partial charge in [-0.3, -0.25) is 4.79 Å². The van der Waals surface area contributed by atoms with E-state index in [2.05, 4.69) is 31.3 Å². The number of nitrogens with one attached hydrogen (secondary N) is 1. The van der Waals surface area contributed by atoms with Crippen molar-refractivity contribution >= 4 is 16.8 Å². The van der Waals surface area contributed by atoms with Gasteiger partial charge in [0, 0.05) is 43.6 Å². The second kappa shape index (κ2) is 12.7. The monoisotopic (exact) mass is 491 g/mol. The van der Waals surface area contributed by atoms with Gasteiger partial charge in [-0.05, 0) is 50.9 Å². The molecule has 0 aliphatic carbocycles. The van der Waals surface area contributed by atoms with Crippen molar-refractivity contribution in [3.8, 4) is 11.5 Å². The minimum absolute atomic E-state index is 0.0510. The summed E-state index contributed by atoms with van der Waals surface area (Å²) >= 11 is 0. The molecule has 0 spiro atoms. The minimum atomic E-state index is -0.0868. The summed E-state index contributed by atoms with van der Waals surface area (Å²) in [4.78, 5) is 20.6. The Morgan fingerprint density at radius 2 is 1.86 bits per heavy atom. The Morgan fingerprint density at radius 3 is 2.58 bits per heavy atom. The Labute approximate surface area is 213 Å². The molecule has 1 aromatic heterocycles. The Morgan fingerprint density at radius 1 is 1.06 bits per heavy atom. The lowest BCUT2D eigenvalue weighted by Crippen LogP contribution is -2.51. The summed E-state index contributed by atoms with van der Waals surface area (Å²) in [5.74, 6) is 1.17. The topological polar surface area (TPSA) is 72.9 Å². The van der Waals surface area contributed by atoms with Crippen molar-refractivity contribution in [1.82, 2.24) is 15.2 Å². The van der Waals surface area contributed by atoms with Gasteiger partial charge in [-0.2, -0.15) is 0 Å². The van der Waals surface area contributed by atoms with Crippen LogP contribution in [0.25, 0.3) is 10.9 Å². The van der Waals surface area contributed by atoms with Crippen LogP contribution in [0, 0.1) is 0 Å². The van der Waals surface area contributed by atoms with Crippen LogP contribution in [0.5, 0.6) is 11.5 Å². The lowest BCUT2D eigenvalue weighted by molar-refractivity contribution is 0.0567. The van der Waals surface area contributed by atoms with Gasteiger partial charge in [-0.1, -0.05) is 36.4 Å². The number of methoxy groups -OCH3 is 1. The van der Waals surface area contributed by atoms with E-state index >= 15 is 0 Å². The van der Waals surface area contributed by atoms with Gasteiger partial charge in [0.05, 0.1) is 13.2 Å². The van der Waals surface area contributed by atoms with Crippen molar-refractivity contribution < 1.29 is 19.0 Å². The summed E-state index contributed by atoms with van der Waals surface area (Å²) in [6, 6.07) is 18.0. The van der Waals surface area contributed by atoms with E-state index in [1.165, 1.54) is 5.56 Å². The fourth-order valence-electron chi connectivity index (χ4n) is 4.72. The second-order valence-corrected chi connectivity index (χ2v) is 9.39. The van der Waals surface area contributed by atoms with E-state index < -0.39 is 0 Å². The summed E-state index contributed by atoms with van der Waals surface area (Å²) in [6.45, 7) is 7.24. The molecule has 1 aliphatic heterocycles. The molecule has 0 bridgehead atoms. The zero-order chi connectivity index (χ0) is 25.3. The number of para-hydroxylation sites is 1. The zero-order valence-electron chi connectivity index (χ0n) is 21.5. The average molecular weight is 492 g/mol. The first-order valence-corrected chi connectivity index (χ1v) is 12.8. The molecular formula is C29H37N3O4. The zero-order valence-corrected chi connectivity index (χ0v) is 21.5. The van der Waals surface area contributed by atoms with E-state index in [-0.39, 0.29) is 18.0 Å². The van der Waals surface area contributed by atoms with Gasteiger partial charge in [0.25, 0.3) is 5.91 Å². The fraction of sp³-hybridized carbons (Fsp3) is 0.448. The maximum atomic E-state index is 13.8. The molecule has 1 atom stereocenters. The van der Waals surface area contributed by atoms with E-state index in [0.717, 1.165) is 37.7 Å². The van der Waals surface area contributed by atoms with Crippen molar-refractivity contribution in [3.05, 3.63) is 65.9 Å². The maximum Gasteiger partial charge on any atom is 0.273 e. The Bertz CT molecular complexity index is 1130. The number of pyridine rings is 1. The van der Waals surface area contributed by atoms with Crippen LogP contribution in [0.2, 0.25) is 0 Å². The number of benzene rings is 2. The highest BCUT2D eigenvalue weighted by Gasteiger charge is 2.30. The van der Waals surface area contributed by atoms with E-state index in [0.29, 0.717) is 42.5 Å². The molecule has 1 amide bonds. The van der Waals surface area contributed by atoms with E-state index in [1.54, 1.807) is 13.2 Å². The highest BCUT2D eigenvalue weighted by Crippen LogP contribution is 2.33. The molecule has 36 heavy (non-hydrogen) atoms.